The molecule has 0 bridgehead atoms. The number of rotatable bonds is 6. The maximum Gasteiger partial charge on any atom is 0.232 e. The van der Waals surface area contributed by atoms with Crippen molar-refractivity contribution in [3.63, 3.8) is 0 Å². The van der Waals surface area contributed by atoms with Crippen LogP contribution in [0.1, 0.15) is 39.2 Å². The fraction of sp³-hybridized carbons (Fsp3) is 0.562. The van der Waals surface area contributed by atoms with Crippen molar-refractivity contribution < 1.29 is 9.53 Å². The molecule has 3 nitrogen and oxygen atoms in total. The number of ether oxygens (including phenoxy) is 1. The molecule has 0 aliphatic heterocycles. The lowest BCUT2D eigenvalue weighted by molar-refractivity contribution is -0.135. The van der Waals surface area contributed by atoms with Crippen LogP contribution in [0.15, 0.2) is 24.3 Å². The molecule has 0 spiro atoms. The van der Waals surface area contributed by atoms with Gasteiger partial charge in [-0.2, -0.15) is 0 Å². The van der Waals surface area contributed by atoms with Crippen molar-refractivity contribution >= 4 is 5.91 Å². The number of likely N-dealkylation sites (N-methyl/N-ethyl adjacent to an activating group) is 1. The molecule has 1 aromatic carbocycles. The molecule has 0 fully saturated rings. The molecule has 3 heteroatoms. The number of methoxy groups -OCH3 is 1. The van der Waals surface area contributed by atoms with Gasteiger partial charge in [-0.3, -0.25) is 4.79 Å². The number of hydrogen-bond donors (Lipinski definition) is 0. The number of para-hydroxylation sites is 1. The molecule has 0 radical (unpaired) electrons. The van der Waals surface area contributed by atoms with Crippen molar-refractivity contribution in [3.05, 3.63) is 29.8 Å². The molecule has 0 heterocycles. The zero-order valence-corrected chi connectivity index (χ0v) is 12.7. The number of hydrogen-bond acceptors (Lipinski definition) is 2. The van der Waals surface area contributed by atoms with E-state index in [1.54, 1.807) is 7.11 Å². The van der Waals surface area contributed by atoms with Gasteiger partial charge in [0.15, 0.2) is 0 Å². The topological polar surface area (TPSA) is 29.5 Å². The minimum atomic E-state index is -0.574. The molecule has 0 N–H and O–H groups in total. The molecule has 1 aromatic rings. The summed E-state index contributed by atoms with van der Waals surface area (Å²) in [5, 5.41) is 0. The van der Waals surface area contributed by atoms with Gasteiger partial charge in [-0.15, -0.1) is 0 Å². The van der Waals surface area contributed by atoms with Crippen LogP contribution in [0.2, 0.25) is 0 Å². The van der Waals surface area contributed by atoms with E-state index in [-0.39, 0.29) is 5.91 Å². The average Bonchev–Trinajstić information content (AvgIpc) is 2.43. The molecule has 0 saturated carbocycles. The van der Waals surface area contributed by atoms with Gasteiger partial charge in [0.1, 0.15) is 5.75 Å². The van der Waals surface area contributed by atoms with Crippen LogP contribution in [0.5, 0.6) is 5.75 Å². The van der Waals surface area contributed by atoms with Gasteiger partial charge in [0.05, 0.1) is 12.5 Å². The van der Waals surface area contributed by atoms with Crippen molar-refractivity contribution in [3.8, 4) is 5.75 Å². The molecule has 0 aromatic heterocycles. The van der Waals surface area contributed by atoms with Crippen LogP contribution in [0, 0.1) is 0 Å². The van der Waals surface area contributed by atoms with Crippen LogP contribution in [0.3, 0.4) is 0 Å². The lowest BCUT2D eigenvalue weighted by Gasteiger charge is -2.30. The molecule has 0 unspecified atom stereocenters. The number of benzene rings is 1. The maximum atomic E-state index is 12.6. The van der Waals surface area contributed by atoms with Crippen LogP contribution in [-0.2, 0) is 10.2 Å². The molecule has 0 aliphatic carbocycles. The highest BCUT2D eigenvalue weighted by Crippen LogP contribution is 2.32. The Labute approximate surface area is 116 Å². The predicted molar refractivity (Wildman–Crippen MR) is 78.6 cm³/mol. The molecule has 1 amide bonds. The molecule has 1 rings (SSSR count). The number of nitrogens with zero attached hydrogens (tertiary/aromatic N) is 1. The van der Waals surface area contributed by atoms with Crippen molar-refractivity contribution in [2.24, 2.45) is 0 Å². The second-order valence-electron chi connectivity index (χ2n) is 5.41. The summed E-state index contributed by atoms with van der Waals surface area (Å²) in [6.45, 7) is 6.84. The Morgan fingerprint density at radius 2 is 1.95 bits per heavy atom. The minimum Gasteiger partial charge on any atom is -0.496 e. The number of carbonyl (C=O) groups is 1. The first-order valence-corrected chi connectivity index (χ1v) is 6.84. The predicted octanol–water partition coefficient (Wildman–Crippen LogP) is 3.23. The smallest absolute Gasteiger partial charge is 0.232 e. The second kappa shape index (κ2) is 6.60. The molecule has 0 saturated heterocycles. The zero-order chi connectivity index (χ0) is 14.5. The highest BCUT2D eigenvalue weighted by atomic mass is 16.5. The second-order valence-corrected chi connectivity index (χ2v) is 5.41. The Morgan fingerprint density at radius 3 is 2.53 bits per heavy atom. The van der Waals surface area contributed by atoms with E-state index in [0.717, 1.165) is 30.7 Å². The monoisotopic (exact) mass is 263 g/mol. The molecule has 106 valence electrons. The summed E-state index contributed by atoms with van der Waals surface area (Å²) in [6, 6.07) is 7.73. The van der Waals surface area contributed by atoms with Crippen LogP contribution < -0.4 is 4.74 Å². The number of amides is 1. The van der Waals surface area contributed by atoms with E-state index in [1.807, 2.05) is 50.1 Å². The van der Waals surface area contributed by atoms with Gasteiger partial charge in [-0.25, -0.2) is 0 Å². The SMILES string of the molecule is CCCCN(C)C(=O)C(C)(C)c1ccccc1OC. The van der Waals surface area contributed by atoms with Crippen LogP contribution in [0.25, 0.3) is 0 Å². The lowest BCUT2D eigenvalue weighted by Crippen LogP contribution is -2.41. The molecular weight excluding hydrogens is 238 g/mol. The van der Waals surface area contributed by atoms with Crippen LogP contribution >= 0.6 is 0 Å². The minimum absolute atomic E-state index is 0.130. The van der Waals surface area contributed by atoms with Crippen LogP contribution in [0.4, 0.5) is 0 Å². The first kappa shape index (κ1) is 15.5. The van der Waals surface area contributed by atoms with E-state index in [9.17, 15) is 4.79 Å². The van der Waals surface area contributed by atoms with E-state index in [4.69, 9.17) is 4.74 Å². The van der Waals surface area contributed by atoms with E-state index < -0.39 is 5.41 Å². The van der Waals surface area contributed by atoms with E-state index >= 15 is 0 Å². The summed E-state index contributed by atoms with van der Waals surface area (Å²) in [6.07, 6.45) is 2.12. The van der Waals surface area contributed by atoms with Gasteiger partial charge < -0.3 is 9.64 Å². The molecule has 19 heavy (non-hydrogen) atoms. The quantitative estimate of drug-likeness (QED) is 0.788. The highest BCUT2D eigenvalue weighted by molar-refractivity contribution is 5.88. The van der Waals surface area contributed by atoms with Crippen LogP contribution in [-0.4, -0.2) is 31.5 Å². The third kappa shape index (κ3) is 3.49. The van der Waals surface area contributed by atoms with Gasteiger partial charge in [-0.05, 0) is 26.3 Å². The summed E-state index contributed by atoms with van der Waals surface area (Å²) in [5.74, 6) is 0.898. The summed E-state index contributed by atoms with van der Waals surface area (Å²) >= 11 is 0. The van der Waals surface area contributed by atoms with Gasteiger partial charge >= 0.3 is 0 Å². The van der Waals surface area contributed by atoms with Gasteiger partial charge in [-0.1, -0.05) is 31.5 Å². The Kier molecular flexibility index (Phi) is 5.40. The Balaban J connectivity index is 2.98. The third-order valence-electron chi connectivity index (χ3n) is 3.51. The van der Waals surface area contributed by atoms with E-state index in [2.05, 4.69) is 6.92 Å². The van der Waals surface area contributed by atoms with Crippen molar-refractivity contribution in [1.29, 1.82) is 0 Å². The fourth-order valence-corrected chi connectivity index (χ4v) is 2.25. The molecule has 0 aliphatic rings. The Bertz CT molecular complexity index is 427. The van der Waals surface area contributed by atoms with Gasteiger partial charge in [0.2, 0.25) is 5.91 Å². The van der Waals surface area contributed by atoms with Crippen molar-refractivity contribution in [2.75, 3.05) is 20.7 Å². The van der Waals surface area contributed by atoms with Crippen molar-refractivity contribution in [1.82, 2.24) is 4.90 Å². The zero-order valence-electron chi connectivity index (χ0n) is 12.7. The first-order chi connectivity index (χ1) is 8.95. The van der Waals surface area contributed by atoms with E-state index in [0.29, 0.717) is 0 Å². The Hall–Kier alpha value is -1.51. The van der Waals surface area contributed by atoms with Crippen molar-refractivity contribution in [2.45, 2.75) is 39.0 Å². The number of carbonyl (C=O) groups excluding carboxylic acids is 1. The summed E-state index contributed by atoms with van der Waals surface area (Å²) in [4.78, 5) is 14.4. The average molecular weight is 263 g/mol. The highest BCUT2D eigenvalue weighted by Gasteiger charge is 2.34. The first-order valence-electron chi connectivity index (χ1n) is 6.84. The van der Waals surface area contributed by atoms with Gasteiger partial charge in [0.25, 0.3) is 0 Å². The Morgan fingerprint density at radius 1 is 1.32 bits per heavy atom. The van der Waals surface area contributed by atoms with E-state index in [1.165, 1.54) is 0 Å². The molecular formula is C16H25NO2. The fourth-order valence-electron chi connectivity index (χ4n) is 2.25. The summed E-state index contributed by atoms with van der Waals surface area (Å²) in [7, 11) is 3.51. The largest absolute Gasteiger partial charge is 0.496 e. The van der Waals surface area contributed by atoms with Gasteiger partial charge in [0, 0.05) is 19.2 Å². The standard InChI is InChI=1S/C16H25NO2/c1-6-7-12-17(4)15(18)16(2,3)13-10-8-9-11-14(13)19-5/h8-11H,6-7,12H2,1-5H3. The third-order valence-corrected chi connectivity index (χ3v) is 3.51. The number of unbranched alkanes of at least 4 members (excludes halogenated alkanes) is 1. The maximum absolute atomic E-state index is 12.6. The lowest BCUT2D eigenvalue weighted by atomic mass is 9.82. The summed E-state index contributed by atoms with van der Waals surface area (Å²) in [5.41, 5.74) is 0.362. The molecule has 0 atom stereocenters. The summed E-state index contributed by atoms with van der Waals surface area (Å²) < 4.78 is 5.37. The normalized spacial score (nSPS) is 11.2.